The Hall–Kier alpha value is -4.59. The monoisotopic (exact) mass is 471 g/mol. The van der Waals surface area contributed by atoms with E-state index in [1.165, 1.54) is 0 Å². The van der Waals surface area contributed by atoms with E-state index in [4.69, 9.17) is 14.2 Å². The van der Waals surface area contributed by atoms with Gasteiger partial charge in [0.1, 0.15) is 17.4 Å². The number of nitrogens with zero attached hydrogens (tertiary/aromatic N) is 1. The number of para-hydroxylation sites is 1. The number of fused-ring (bicyclic) bond motifs is 1. The standard InChI is InChI=1S/C27H25N3O5/c1-17(26(31)29-18-7-5-4-6-8-18)27(32)30-19-9-11-20(12-10-19)35-23-13-14-28-22-16-25(34-3)24(33-2)15-21(22)23/h4-17H,1-3H3,(H,29,31)(H,30,32). The van der Waals surface area contributed by atoms with Crippen molar-refractivity contribution in [1.82, 2.24) is 4.98 Å². The van der Waals surface area contributed by atoms with Gasteiger partial charge in [0.2, 0.25) is 11.8 Å². The van der Waals surface area contributed by atoms with Gasteiger partial charge in [0, 0.05) is 29.0 Å². The van der Waals surface area contributed by atoms with E-state index in [0.29, 0.717) is 39.9 Å². The summed E-state index contributed by atoms with van der Waals surface area (Å²) in [5.41, 5.74) is 1.89. The van der Waals surface area contributed by atoms with E-state index in [1.807, 2.05) is 24.3 Å². The van der Waals surface area contributed by atoms with Crippen molar-refractivity contribution in [2.24, 2.45) is 5.92 Å². The Morgan fingerprint density at radius 2 is 1.37 bits per heavy atom. The summed E-state index contributed by atoms with van der Waals surface area (Å²) in [6.07, 6.45) is 1.65. The zero-order chi connectivity index (χ0) is 24.8. The highest BCUT2D eigenvalue weighted by molar-refractivity contribution is 6.10. The molecule has 0 aliphatic rings. The molecule has 0 spiro atoms. The zero-order valence-corrected chi connectivity index (χ0v) is 19.6. The lowest BCUT2D eigenvalue weighted by Gasteiger charge is -2.14. The molecule has 4 rings (SSSR count). The highest BCUT2D eigenvalue weighted by atomic mass is 16.5. The van der Waals surface area contributed by atoms with Gasteiger partial charge < -0.3 is 24.8 Å². The number of aromatic nitrogens is 1. The summed E-state index contributed by atoms with van der Waals surface area (Å²) in [4.78, 5) is 29.3. The Kier molecular flexibility index (Phi) is 7.11. The van der Waals surface area contributed by atoms with Crippen LogP contribution in [0.15, 0.2) is 79.0 Å². The van der Waals surface area contributed by atoms with E-state index >= 15 is 0 Å². The molecule has 0 bridgehead atoms. The summed E-state index contributed by atoms with van der Waals surface area (Å²) < 4.78 is 16.8. The second-order valence-electron chi connectivity index (χ2n) is 7.73. The molecule has 2 amide bonds. The summed E-state index contributed by atoms with van der Waals surface area (Å²) in [6.45, 7) is 1.56. The quantitative estimate of drug-likeness (QED) is 0.340. The fourth-order valence-corrected chi connectivity index (χ4v) is 3.41. The van der Waals surface area contributed by atoms with Crippen LogP contribution in [0.3, 0.4) is 0 Å². The predicted molar refractivity (Wildman–Crippen MR) is 134 cm³/mol. The lowest BCUT2D eigenvalue weighted by molar-refractivity contribution is -0.128. The lowest BCUT2D eigenvalue weighted by Crippen LogP contribution is -2.31. The molecule has 35 heavy (non-hydrogen) atoms. The van der Waals surface area contributed by atoms with Gasteiger partial charge in [-0.25, -0.2) is 0 Å². The number of rotatable bonds is 8. The van der Waals surface area contributed by atoms with Crippen molar-refractivity contribution in [3.8, 4) is 23.0 Å². The van der Waals surface area contributed by atoms with E-state index in [0.717, 1.165) is 5.39 Å². The molecule has 0 aliphatic heterocycles. The third-order valence-corrected chi connectivity index (χ3v) is 5.38. The van der Waals surface area contributed by atoms with Gasteiger partial charge >= 0.3 is 0 Å². The Morgan fingerprint density at radius 1 is 0.771 bits per heavy atom. The summed E-state index contributed by atoms with van der Waals surface area (Å²) in [5, 5.41) is 6.26. The average Bonchev–Trinajstić information content (AvgIpc) is 2.89. The number of hydrogen-bond acceptors (Lipinski definition) is 6. The van der Waals surface area contributed by atoms with Crippen LogP contribution < -0.4 is 24.8 Å². The van der Waals surface area contributed by atoms with E-state index < -0.39 is 11.8 Å². The molecule has 178 valence electrons. The summed E-state index contributed by atoms with van der Waals surface area (Å²) in [7, 11) is 3.14. The van der Waals surface area contributed by atoms with Crippen molar-refractivity contribution in [2.75, 3.05) is 24.9 Å². The molecule has 8 nitrogen and oxygen atoms in total. The van der Waals surface area contributed by atoms with Gasteiger partial charge in [0.05, 0.1) is 19.7 Å². The van der Waals surface area contributed by atoms with E-state index in [-0.39, 0.29) is 5.91 Å². The molecule has 1 aromatic heterocycles. The highest BCUT2D eigenvalue weighted by Gasteiger charge is 2.21. The molecule has 1 unspecified atom stereocenters. The molecular formula is C27H25N3O5. The Bertz CT molecular complexity index is 1340. The maximum Gasteiger partial charge on any atom is 0.236 e. The minimum atomic E-state index is -0.874. The van der Waals surface area contributed by atoms with Crippen molar-refractivity contribution < 1.29 is 23.8 Å². The SMILES string of the molecule is COc1cc2nccc(Oc3ccc(NC(=O)C(C)C(=O)Nc4ccccc4)cc3)c2cc1OC. The second kappa shape index (κ2) is 10.6. The molecule has 0 saturated heterocycles. The van der Waals surface area contributed by atoms with Gasteiger partial charge in [0.15, 0.2) is 11.5 Å². The maximum absolute atomic E-state index is 12.5. The highest BCUT2D eigenvalue weighted by Crippen LogP contribution is 2.37. The van der Waals surface area contributed by atoms with Gasteiger partial charge in [-0.3, -0.25) is 14.6 Å². The van der Waals surface area contributed by atoms with E-state index in [9.17, 15) is 9.59 Å². The van der Waals surface area contributed by atoms with Crippen LogP contribution in [0.25, 0.3) is 10.9 Å². The number of carbonyl (C=O) groups is 2. The summed E-state index contributed by atoms with van der Waals surface area (Å²) in [6, 6.07) is 21.2. The topological polar surface area (TPSA) is 98.8 Å². The van der Waals surface area contributed by atoms with Crippen LogP contribution in [0.1, 0.15) is 6.92 Å². The van der Waals surface area contributed by atoms with Crippen molar-refractivity contribution in [3.05, 3.63) is 79.0 Å². The number of carbonyl (C=O) groups excluding carboxylic acids is 2. The van der Waals surface area contributed by atoms with Gasteiger partial charge in [-0.05, 0) is 55.5 Å². The first-order valence-corrected chi connectivity index (χ1v) is 10.9. The van der Waals surface area contributed by atoms with Crippen LogP contribution in [0.5, 0.6) is 23.0 Å². The average molecular weight is 472 g/mol. The maximum atomic E-state index is 12.5. The van der Waals surface area contributed by atoms with Crippen LogP contribution in [0, 0.1) is 5.92 Å². The number of hydrogen-bond donors (Lipinski definition) is 2. The third-order valence-electron chi connectivity index (χ3n) is 5.38. The minimum absolute atomic E-state index is 0.384. The molecule has 3 aromatic carbocycles. The van der Waals surface area contributed by atoms with Gasteiger partial charge in [-0.1, -0.05) is 18.2 Å². The molecule has 0 fully saturated rings. The Morgan fingerprint density at radius 3 is 2.00 bits per heavy atom. The number of amides is 2. The van der Waals surface area contributed by atoms with Crippen LogP contribution in [-0.2, 0) is 9.59 Å². The Balaban J connectivity index is 1.43. The van der Waals surface area contributed by atoms with Crippen molar-refractivity contribution in [3.63, 3.8) is 0 Å². The molecule has 1 heterocycles. The van der Waals surface area contributed by atoms with Crippen LogP contribution in [0.4, 0.5) is 11.4 Å². The van der Waals surface area contributed by atoms with E-state index in [2.05, 4.69) is 15.6 Å². The number of nitrogens with one attached hydrogen (secondary N) is 2. The molecule has 8 heteroatoms. The molecule has 1 atom stereocenters. The van der Waals surface area contributed by atoms with Crippen LogP contribution in [-0.4, -0.2) is 31.0 Å². The zero-order valence-electron chi connectivity index (χ0n) is 19.6. The van der Waals surface area contributed by atoms with Crippen molar-refractivity contribution in [1.29, 1.82) is 0 Å². The number of ether oxygens (including phenoxy) is 3. The van der Waals surface area contributed by atoms with Crippen LogP contribution in [0.2, 0.25) is 0 Å². The van der Waals surface area contributed by atoms with Crippen molar-refractivity contribution >= 4 is 34.1 Å². The molecule has 4 aromatic rings. The molecular weight excluding hydrogens is 446 g/mol. The number of benzene rings is 3. The Labute approximate surface area is 202 Å². The van der Waals surface area contributed by atoms with Gasteiger partial charge in [-0.15, -0.1) is 0 Å². The summed E-state index contributed by atoms with van der Waals surface area (Å²) >= 11 is 0. The second-order valence-corrected chi connectivity index (χ2v) is 7.73. The number of anilines is 2. The molecule has 0 saturated carbocycles. The number of pyridine rings is 1. The first kappa shape index (κ1) is 23.6. The van der Waals surface area contributed by atoms with Crippen molar-refractivity contribution in [2.45, 2.75) is 6.92 Å². The normalized spacial score (nSPS) is 11.4. The third kappa shape index (κ3) is 5.50. The minimum Gasteiger partial charge on any atom is -0.493 e. The first-order valence-electron chi connectivity index (χ1n) is 10.9. The smallest absolute Gasteiger partial charge is 0.236 e. The van der Waals surface area contributed by atoms with Gasteiger partial charge in [0.25, 0.3) is 0 Å². The predicted octanol–water partition coefficient (Wildman–Crippen LogP) is 5.26. The first-order chi connectivity index (χ1) is 17.0. The fourth-order valence-electron chi connectivity index (χ4n) is 3.41. The van der Waals surface area contributed by atoms with E-state index in [1.54, 1.807) is 75.9 Å². The fraction of sp³-hybridized carbons (Fsp3) is 0.148. The van der Waals surface area contributed by atoms with Gasteiger partial charge in [-0.2, -0.15) is 0 Å². The largest absolute Gasteiger partial charge is 0.493 e. The van der Waals surface area contributed by atoms with Crippen LogP contribution >= 0.6 is 0 Å². The lowest BCUT2D eigenvalue weighted by atomic mass is 10.1. The molecule has 2 N–H and O–H groups in total. The number of methoxy groups -OCH3 is 2. The molecule has 0 radical (unpaired) electrons. The molecule has 0 aliphatic carbocycles. The summed E-state index contributed by atoms with van der Waals surface area (Å²) in [5.74, 6) is 0.650.